The average molecular weight is 358 g/mol. The van der Waals surface area contributed by atoms with Gasteiger partial charge in [-0.2, -0.15) is 10.1 Å². The minimum atomic E-state index is -0.601. The summed E-state index contributed by atoms with van der Waals surface area (Å²) in [6.07, 6.45) is 1.38. The van der Waals surface area contributed by atoms with E-state index in [2.05, 4.69) is 15.4 Å². The largest absolute Gasteiger partial charge is 0.493 e. The topological polar surface area (TPSA) is 147 Å². The van der Waals surface area contributed by atoms with Gasteiger partial charge in [0, 0.05) is 5.70 Å². The smallest absolute Gasteiger partial charge is 0.255 e. The molecule has 0 unspecified atom stereocenters. The van der Waals surface area contributed by atoms with Crippen LogP contribution < -0.4 is 26.3 Å². The highest BCUT2D eigenvalue weighted by Crippen LogP contribution is 2.38. The van der Waals surface area contributed by atoms with Gasteiger partial charge >= 0.3 is 0 Å². The highest BCUT2D eigenvalue weighted by atomic mass is 16.5. The minimum Gasteiger partial charge on any atom is -0.493 e. The van der Waals surface area contributed by atoms with Crippen molar-refractivity contribution in [3.05, 3.63) is 41.4 Å². The maximum Gasteiger partial charge on any atom is 0.255 e. The van der Waals surface area contributed by atoms with Gasteiger partial charge in [0.2, 0.25) is 11.9 Å². The van der Waals surface area contributed by atoms with Gasteiger partial charge in [0.05, 0.1) is 12.7 Å². The Balaban J connectivity index is 2.07. The molecule has 1 aliphatic rings. The molecule has 0 saturated heterocycles. The van der Waals surface area contributed by atoms with Crippen LogP contribution in [0.3, 0.4) is 0 Å². The number of rotatable bonds is 6. The summed E-state index contributed by atoms with van der Waals surface area (Å²) in [4.78, 5) is 27.1. The third-order valence-electron chi connectivity index (χ3n) is 3.93. The lowest BCUT2D eigenvalue weighted by atomic mass is 9.95. The van der Waals surface area contributed by atoms with E-state index in [1.165, 1.54) is 13.4 Å². The van der Waals surface area contributed by atoms with Crippen molar-refractivity contribution in [2.45, 2.75) is 13.0 Å². The molecule has 1 atom stereocenters. The second-order valence-electron chi connectivity index (χ2n) is 5.62. The summed E-state index contributed by atoms with van der Waals surface area (Å²) in [6.45, 7) is 1.47. The van der Waals surface area contributed by atoms with E-state index in [-0.39, 0.29) is 6.61 Å². The van der Waals surface area contributed by atoms with Crippen molar-refractivity contribution >= 4 is 17.8 Å². The number of nitrogens with one attached hydrogen (secondary N) is 1. The number of amides is 2. The van der Waals surface area contributed by atoms with Gasteiger partial charge < -0.3 is 26.3 Å². The quantitative estimate of drug-likeness (QED) is 0.654. The normalized spacial score (nSPS) is 15.8. The number of hydrogen-bond donors (Lipinski definition) is 3. The van der Waals surface area contributed by atoms with E-state index in [0.717, 1.165) is 0 Å². The summed E-state index contributed by atoms with van der Waals surface area (Å²) in [5, 5.41) is 7.19. The third-order valence-corrected chi connectivity index (χ3v) is 3.93. The molecule has 1 aliphatic heterocycles. The number of hydrogen-bond acceptors (Lipinski definition) is 7. The number of carbonyl (C=O) groups excluding carboxylic acids is 2. The first kappa shape index (κ1) is 17.3. The van der Waals surface area contributed by atoms with Crippen LogP contribution in [0.25, 0.3) is 0 Å². The summed E-state index contributed by atoms with van der Waals surface area (Å²) in [7, 11) is 1.47. The Morgan fingerprint density at radius 2 is 2.08 bits per heavy atom. The van der Waals surface area contributed by atoms with E-state index >= 15 is 0 Å². The minimum absolute atomic E-state index is 0.276. The molecule has 0 bridgehead atoms. The number of fused-ring (bicyclic) bond motifs is 1. The second-order valence-corrected chi connectivity index (χ2v) is 5.62. The summed E-state index contributed by atoms with van der Waals surface area (Å²) < 4.78 is 12.2. The van der Waals surface area contributed by atoms with Crippen molar-refractivity contribution in [2.24, 2.45) is 11.5 Å². The van der Waals surface area contributed by atoms with Gasteiger partial charge in [-0.25, -0.2) is 4.68 Å². The molecule has 1 aromatic heterocycles. The van der Waals surface area contributed by atoms with Gasteiger partial charge in [0.25, 0.3) is 5.91 Å². The van der Waals surface area contributed by atoms with Gasteiger partial charge in [-0.15, -0.1) is 0 Å². The molecule has 0 radical (unpaired) electrons. The first-order chi connectivity index (χ1) is 12.4. The number of benzene rings is 1. The number of ether oxygens (including phenoxy) is 2. The van der Waals surface area contributed by atoms with Crippen LogP contribution in [-0.4, -0.2) is 40.3 Å². The zero-order valence-corrected chi connectivity index (χ0v) is 14.2. The third kappa shape index (κ3) is 3.04. The molecule has 10 nitrogen and oxygen atoms in total. The maximum atomic E-state index is 12.0. The van der Waals surface area contributed by atoms with Crippen molar-refractivity contribution in [3.8, 4) is 11.5 Å². The highest BCUT2D eigenvalue weighted by Gasteiger charge is 2.32. The number of aromatic nitrogens is 3. The fourth-order valence-corrected chi connectivity index (χ4v) is 2.84. The Bertz CT molecular complexity index is 904. The van der Waals surface area contributed by atoms with Crippen LogP contribution in [0, 0.1) is 0 Å². The molecule has 0 saturated carbocycles. The molecule has 3 rings (SSSR count). The molecule has 10 heteroatoms. The predicted molar refractivity (Wildman–Crippen MR) is 91.4 cm³/mol. The fraction of sp³-hybridized carbons (Fsp3) is 0.250. The fourth-order valence-electron chi connectivity index (χ4n) is 2.84. The Morgan fingerprint density at radius 1 is 1.31 bits per heavy atom. The zero-order chi connectivity index (χ0) is 18.8. The molecule has 136 valence electrons. The molecule has 0 spiro atoms. The van der Waals surface area contributed by atoms with Crippen LogP contribution in [0.1, 0.15) is 18.5 Å². The summed E-state index contributed by atoms with van der Waals surface area (Å²) >= 11 is 0. The number of primary amides is 2. The maximum absolute atomic E-state index is 12.0. The lowest BCUT2D eigenvalue weighted by molar-refractivity contribution is -0.120. The lowest BCUT2D eigenvalue weighted by Gasteiger charge is -2.28. The van der Waals surface area contributed by atoms with E-state index in [1.54, 1.807) is 29.8 Å². The van der Waals surface area contributed by atoms with Crippen molar-refractivity contribution in [2.75, 3.05) is 19.0 Å². The van der Waals surface area contributed by atoms with Gasteiger partial charge in [-0.1, -0.05) is 6.07 Å². The Morgan fingerprint density at radius 3 is 2.73 bits per heavy atom. The van der Waals surface area contributed by atoms with E-state index < -0.39 is 17.9 Å². The molecule has 2 heterocycles. The summed E-state index contributed by atoms with van der Waals surface area (Å²) in [5.41, 5.74) is 12.3. The Labute approximate surface area is 148 Å². The second kappa shape index (κ2) is 6.75. The van der Waals surface area contributed by atoms with E-state index in [9.17, 15) is 9.59 Å². The van der Waals surface area contributed by atoms with E-state index in [4.69, 9.17) is 20.9 Å². The lowest BCUT2D eigenvalue weighted by Crippen LogP contribution is -2.31. The van der Waals surface area contributed by atoms with Crippen molar-refractivity contribution < 1.29 is 19.1 Å². The molecule has 0 fully saturated rings. The predicted octanol–water partition coefficient (Wildman–Crippen LogP) is -0.0750. The molecule has 2 aromatic rings. The van der Waals surface area contributed by atoms with Crippen LogP contribution in [0.2, 0.25) is 0 Å². The van der Waals surface area contributed by atoms with Crippen LogP contribution in [0.15, 0.2) is 35.8 Å². The van der Waals surface area contributed by atoms with Gasteiger partial charge in [0.15, 0.2) is 18.1 Å². The number of anilines is 1. The number of methoxy groups -OCH3 is 1. The van der Waals surface area contributed by atoms with Crippen LogP contribution in [0.5, 0.6) is 11.5 Å². The van der Waals surface area contributed by atoms with Crippen molar-refractivity contribution in [1.29, 1.82) is 0 Å². The Kier molecular flexibility index (Phi) is 4.48. The SMILES string of the molecule is COc1cc([C@@H]2C(C(N)=O)=C(C)Nc3ncnn32)ccc1OCC(N)=O. The Hall–Kier alpha value is -3.56. The monoisotopic (exact) mass is 358 g/mol. The standard InChI is InChI=1S/C16H18N6O4/c1-8-13(15(18)24)14(22-16(21-8)19-7-20-22)9-3-4-10(11(5-9)25-2)26-6-12(17)23/h3-5,7,14H,6H2,1-2H3,(H2,17,23)(H2,18,24)(H,19,20,21)/t14-/m1/s1. The first-order valence-electron chi connectivity index (χ1n) is 7.68. The summed E-state index contributed by atoms with van der Waals surface area (Å²) in [5.74, 6) is 0.0468. The van der Waals surface area contributed by atoms with Crippen LogP contribution >= 0.6 is 0 Å². The van der Waals surface area contributed by atoms with Crippen molar-refractivity contribution in [3.63, 3.8) is 0 Å². The van der Waals surface area contributed by atoms with E-state index in [0.29, 0.717) is 34.3 Å². The van der Waals surface area contributed by atoms with Crippen molar-refractivity contribution in [1.82, 2.24) is 14.8 Å². The van der Waals surface area contributed by atoms with Gasteiger partial charge in [0.1, 0.15) is 12.4 Å². The first-order valence-corrected chi connectivity index (χ1v) is 7.68. The van der Waals surface area contributed by atoms with Crippen LogP contribution in [-0.2, 0) is 9.59 Å². The molecule has 5 N–H and O–H groups in total. The number of carbonyl (C=O) groups is 2. The molecule has 1 aromatic carbocycles. The average Bonchev–Trinajstić information content (AvgIpc) is 3.06. The molecule has 2 amide bonds. The van der Waals surface area contributed by atoms with E-state index in [1.807, 2.05) is 0 Å². The number of allylic oxidation sites excluding steroid dienone is 1. The summed E-state index contributed by atoms with van der Waals surface area (Å²) in [6, 6.07) is 4.47. The molecule has 26 heavy (non-hydrogen) atoms. The molecular weight excluding hydrogens is 340 g/mol. The van der Waals surface area contributed by atoms with Gasteiger partial charge in [-0.3, -0.25) is 9.59 Å². The number of nitrogens with two attached hydrogens (primary N) is 2. The van der Waals surface area contributed by atoms with Crippen LogP contribution in [0.4, 0.5) is 5.95 Å². The molecular formula is C16H18N6O4. The highest BCUT2D eigenvalue weighted by molar-refractivity contribution is 5.95. The molecule has 0 aliphatic carbocycles. The zero-order valence-electron chi connectivity index (χ0n) is 14.2. The van der Waals surface area contributed by atoms with Gasteiger partial charge in [-0.05, 0) is 24.6 Å². The number of nitrogens with zero attached hydrogens (tertiary/aromatic N) is 3.